The highest BCUT2D eigenvalue weighted by Gasteiger charge is 2.11. The van der Waals surface area contributed by atoms with Crippen molar-refractivity contribution in [3.05, 3.63) is 23.8 Å². The van der Waals surface area contributed by atoms with Crippen LogP contribution < -0.4 is 9.47 Å². The van der Waals surface area contributed by atoms with Gasteiger partial charge in [0.2, 0.25) is 5.91 Å². The first kappa shape index (κ1) is 16.6. The molecule has 20 heavy (non-hydrogen) atoms. The van der Waals surface area contributed by atoms with Gasteiger partial charge in [0.15, 0.2) is 11.5 Å². The lowest BCUT2D eigenvalue weighted by atomic mass is 10.1. The van der Waals surface area contributed by atoms with Crippen LogP contribution in [0.1, 0.15) is 24.8 Å². The van der Waals surface area contributed by atoms with E-state index in [9.17, 15) is 4.79 Å². The molecule has 0 saturated carbocycles. The second kappa shape index (κ2) is 8.69. The minimum Gasteiger partial charge on any atom is -0.493 e. The van der Waals surface area contributed by atoms with Crippen LogP contribution in [0.3, 0.4) is 0 Å². The zero-order chi connectivity index (χ0) is 15.0. The van der Waals surface area contributed by atoms with Crippen molar-refractivity contribution in [1.82, 2.24) is 4.90 Å². The first-order valence-electron chi connectivity index (χ1n) is 6.63. The molecule has 1 aromatic rings. The van der Waals surface area contributed by atoms with Gasteiger partial charge in [-0.15, -0.1) is 11.6 Å². The number of methoxy groups -OCH3 is 2. The Morgan fingerprint density at radius 1 is 1.20 bits per heavy atom. The van der Waals surface area contributed by atoms with E-state index >= 15 is 0 Å². The molecule has 0 spiro atoms. The lowest BCUT2D eigenvalue weighted by Gasteiger charge is -2.18. The average Bonchev–Trinajstić information content (AvgIpc) is 2.47. The third kappa shape index (κ3) is 4.93. The molecule has 4 nitrogen and oxygen atoms in total. The quantitative estimate of drug-likeness (QED) is 0.547. The third-order valence-corrected chi connectivity index (χ3v) is 3.33. The predicted octanol–water partition coefficient (Wildman–Crippen LogP) is 3.07. The number of rotatable bonds is 8. The number of carbonyl (C=O) groups is 1. The van der Waals surface area contributed by atoms with Gasteiger partial charge in [-0.25, -0.2) is 0 Å². The Morgan fingerprint density at radius 2 is 1.90 bits per heavy atom. The van der Waals surface area contributed by atoms with Crippen LogP contribution in [-0.4, -0.2) is 38.0 Å². The Labute approximate surface area is 125 Å². The maximum Gasteiger partial charge on any atom is 0.222 e. The van der Waals surface area contributed by atoms with Crippen molar-refractivity contribution in [2.75, 3.05) is 27.1 Å². The Balaban J connectivity index is 2.61. The molecule has 0 aromatic heterocycles. The molecular weight excluding hydrogens is 278 g/mol. The molecule has 0 atom stereocenters. The fourth-order valence-electron chi connectivity index (χ4n) is 1.90. The molecule has 0 heterocycles. The van der Waals surface area contributed by atoms with Crippen molar-refractivity contribution >= 4 is 17.5 Å². The maximum absolute atomic E-state index is 11.9. The fraction of sp³-hybridized carbons (Fsp3) is 0.533. The number of nitrogens with zero attached hydrogens (tertiary/aromatic N) is 1. The van der Waals surface area contributed by atoms with Gasteiger partial charge in [0.05, 0.1) is 14.2 Å². The van der Waals surface area contributed by atoms with Gasteiger partial charge in [0.25, 0.3) is 0 Å². The van der Waals surface area contributed by atoms with Gasteiger partial charge in [-0.1, -0.05) is 6.07 Å². The summed E-state index contributed by atoms with van der Waals surface area (Å²) in [5, 5.41) is 0. The molecular formula is C15H22ClNO3. The summed E-state index contributed by atoms with van der Waals surface area (Å²) in [6, 6.07) is 5.67. The molecule has 0 bridgehead atoms. The minimum absolute atomic E-state index is 0.130. The van der Waals surface area contributed by atoms with Crippen LogP contribution in [-0.2, 0) is 11.3 Å². The van der Waals surface area contributed by atoms with Crippen molar-refractivity contribution in [2.24, 2.45) is 0 Å². The average molecular weight is 300 g/mol. The Kier molecular flexibility index (Phi) is 7.23. The Morgan fingerprint density at radius 3 is 2.50 bits per heavy atom. The number of alkyl halides is 1. The molecule has 1 amide bonds. The van der Waals surface area contributed by atoms with Crippen molar-refractivity contribution in [2.45, 2.75) is 25.8 Å². The highest BCUT2D eigenvalue weighted by atomic mass is 35.5. The summed E-state index contributed by atoms with van der Waals surface area (Å²) in [5.41, 5.74) is 1.01. The molecule has 0 fully saturated rings. The smallest absolute Gasteiger partial charge is 0.222 e. The number of benzene rings is 1. The molecule has 1 aromatic carbocycles. The first-order chi connectivity index (χ1) is 9.62. The third-order valence-electron chi connectivity index (χ3n) is 3.07. The molecule has 112 valence electrons. The topological polar surface area (TPSA) is 38.8 Å². The Bertz CT molecular complexity index is 437. The van der Waals surface area contributed by atoms with Crippen LogP contribution in [0.25, 0.3) is 0 Å². The van der Waals surface area contributed by atoms with Gasteiger partial charge in [-0.3, -0.25) is 4.79 Å². The van der Waals surface area contributed by atoms with Gasteiger partial charge in [0.1, 0.15) is 0 Å². The van der Waals surface area contributed by atoms with Crippen LogP contribution in [0, 0.1) is 0 Å². The maximum atomic E-state index is 11.9. The molecule has 0 aliphatic heterocycles. The van der Waals surface area contributed by atoms with Gasteiger partial charge in [0, 0.05) is 25.9 Å². The summed E-state index contributed by atoms with van der Waals surface area (Å²) in [4.78, 5) is 13.6. The van der Waals surface area contributed by atoms with E-state index in [1.807, 2.05) is 18.2 Å². The highest BCUT2D eigenvalue weighted by molar-refractivity contribution is 6.17. The number of carbonyl (C=O) groups excluding carboxylic acids is 1. The van der Waals surface area contributed by atoms with Gasteiger partial charge >= 0.3 is 0 Å². The van der Waals surface area contributed by atoms with Crippen LogP contribution in [0.4, 0.5) is 0 Å². The molecule has 1 rings (SSSR count). The van der Waals surface area contributed by atoms with Crippen molar-refractivity contribution in [1.29, 1.82) is 0 Å². The van der Waals surface area contributed by atoms with Crippen molar-refractivity contribution in [3.8, 4) is 11.5 Å². The number of hydrogen-bond acceptors (Lipinski definition) is 3. The monoisotopic (exact) mass is 299 g/mol. The summed E-state index contributed by atoms with van der Waals surface area (Å²) >= 11 is 5.61. The first-order valence-corrected chi connectivity index (χ1v) is 7.16. The summed E-state index contributed by atoms with van der Waals surface area (Å²) in [5.74, 6) is 2.09. The number of ether oxygens (including phenoxy) is 2. The summed E-state index contributed by atoms with van der Waals surface area (Å²) in [6.07, 6.45) is 2.24. The normalized spacial score (nSPS) is 10.2. The van der Waals surface area contributed by atoms with Crippen molar-refractivity contribution in [3.63, 3.8) is 0 Å². The lowest BCUT2D eigenvalue weighted by molar-refractivity contribution is -0.130. The van der Waals surface area contributed by atoms with Crippen LogP contribution in [0.15, 0.2) is 18.2 Å². The van der Waals surface area contributed by atoms with Crippen LogP contribution in [0.2, 0.25) is 0 Å². The number of hydrogen-bond donors (Lipinski definition) is 0. The molecule has 5 heteroatoms. The summed E-state index contributed by atoms with van der Waals surface area (Å²) in [6.45, 7) is 0.556. The zero-order valence-electron chi connectivity index (χ0n) is 12.3. The van der Waals surface area contributed by atoms with E-state index in [0.29, 0.717) is 30.3 Å². The van der Waals surface area contributed by atoms with E-state index < -0.39 is 0 Å². The molecule has 0 aliphatic rings. The van der Waals surface area contributed by atoms with Gasteiger partial charge < -0.3 is 14.4 Å². The fourth-order valence-corrected chi connectivity index (χ4v) is 2.09. The summed E-state index contributed by atoms with van der Waals surface area (Å²) < 4.78 is 10.4. The number of unbranched alkanes of at least 4 members (excludes halogenated alkanes) is 1. The standard InChI is InChI=1S/C15H22ClNO3/c1-17(15(18)6-4-5-9-16)11-12-7-8-13(19-2)14(10-12)20-3/h7-8,10H,4-6,9,11H2,1-3H3. The lowest BCUT2D eigenvalue weighted by Crippen LogP contribution is -2.25. The molecule has 0 N–H and O–H groups in total. The molecule has 0 radical (unpaired) electrons. The van der Waals surface area contributed by atoms with E-state index in [0.717, 1.165) is 18.4 Å². The van der Waals surface area contributed by atoms with Crippen LogP contribution >= 0.6 is 11.6 Å². The van der Waals surface area contributed by atoms with E-state index in [1.165, 1.54) is 0 Å². The van der Waals surface area contributed by atoms with E-state index in [1.54, 1.807) is 26.2 Å². The Hall–Kier alpha value is -1.42. The predicted molar refractivity (Wildman–Crippen MR) is 80.6 cm³/mol. The van der Waals surface area contributed by atoms with Crippen molar-refractivity contribution < 1.29 is 14.3 Å². The summed E-state index contributed by atoms with van der Waals surface area (Å²) in [7, 11) is 5.01. The molecule has 0 saturated heterocycles. The SMILES string of the molecule is COc1ccc(CN(C)C(=O)CCCCCl)cc1OC. The van der Waals surface area contributed by atoms with Gasteiger partial charge in [-0.2, -0.15) is 0 Å². The minimum atomic E-state index is 0.130. The second-order valence-corrected chi connectivity index (χ2v) is 4.96. The molecule has 0 aliphatic carbocycles. The van der Waals surface area contributed by atoms with E-state index in [2.05, 4.69) is 0 Å². The molecule has 0 unspecified atom stereocenters. The highest BCUT2D eigenvalue weighted by Crippen LogP contribution is 2.27. The number of halogens is 1. The number of amides is 1. The zero-order valence-corrected chi connectivity index (χ0v) is 13.1. The largest absolute Gasteiger partial charge is 0.493 e. The van der Waals surface area contributed by atoms with E-state index in [4.69, 9.17) is 21.1 Å². The second-order valence-electron chi connectivity index (χ2n) is 4.59. The van der Waals surface area contributed by atoms with Gasteiger partial charge in [-0.05, 0) is 30.5 Å². The van der Waals surface area contributed by atoms with E-state index in [-0.39, 0.29) is 5.91 Å². The van der Waals surface area contributed by atoms with Crippen LogP contribution in [0.5, 0.6) is 11.5 Å².